The van der Waals surface area contributed by atoms with Crippen LogP contribution in [0.15, 0.2) is 47.1 Å². The Kier molecular flexibility index (Phi) is 6.96. The average Bonchev–Trinajstić information content (AvgIpc) is 3.15. The number of hydrogen-bond donors (Lipinski definition) is 2. The minimum Gasteiger partial charge on any atom is -0.459 e. The van der Waals surface area contributed by atoms with E-state index in [1.807, 2.05) is 13.8 Å². The molecule has 1 heterocycles. The Morgan fingerprint density at radius 3 is 2.62 bits per heavy atom. The van der Waals surface area contributed by atoms with Crippen molar-refractivity contribution >= 4 is 23.5 Å². The van der Waals surface area contributed by atoms with Gasteiger partial charge in [0.2, 0.25) is 0 Å². The summed E-state index contributed by atoms with van der Waals surface area (Å²) in [7, 11) is 0. The molecule has 0 spiro atoms. The number of esters is 1. The molecule has 0 unspecified atom stereocenters. The van der Waals surface area contributed by atoms with Gasteiger partial charge in [0.25, 0.3) is 11.8 Å². The number of anilines is 1. The first kappa shape index (κ1) is 19.2. The molecule has 2 N–H and O–H groups in total. The molecule has 0 radical (unpaired) electrons. The first-order valence-electron chi connectivity index (χ1n) is 8.41. The fraction of sp³-hybridized carbons (Fsp3) is 0.316. The van der Waals surface area contributed by atoms with Crippen LogP contribution in [0, 0.1) is 0 Å². The van der Waals surface area contributed by atoms with E-state index in [-0.39, 0.29) is 35.6 Å². The summed E-state index contributed by atoms with van der Waals surface area (Å²) in [5, 5.41) is 5.35. The zero-order valence-electron chi connectivity index (χ0n) is 14.8. The Labute approximate surface area is 151 Å². The van der Waals surface area contributed by atoms with Gasteiger partial charge in [-0.3, -0.25) is 9.59 Å². The summed E-state index contributed by atoms with van der Waals surface area (Å²) in [6.45, 7) is 3.53. The molecule has 1 aromatic carbocycles. The summed E-state index contributed by atoms with van der Waals surface area (Å²) < 4.78 is 10.1. The molecule has 0 aliphatic carbocycles. The fourth-order valence-electron chi connectivity index (χ4n) is 2.39. The van der Waals surface area contributed by atoms with Gasteiger partial charge in [-0.05, 0) is 37.6 Å². The van der Waals surface area contributed by atoms with Crippen LogP contribution < -0.4 is 10.6 Å². The van der Waals surface area contributed by atoms with E-state index in [2.05, 4.69) is 10.6 Å². The molecule has 0 saturated carbocycles. The lowest BCUT2D eigenvalue weighted by Gasteiger charge is -2.13. The Bertz CT molecular complexity index is 755. The fourth-order valence-corrected chi connectivity index (χ4v) is 2.39. The number of carbonyl (C=O) groups is 3. The van der Waals surface area contributed by atoms with E-state index in [0.29, 0.717) is 0 Å². The van der Waals surface area contributed by atoms with Gasteiger partial charge in [-0.25, -0.2) is 4.79 Å². The highest BCUT2D eigenvalue weighted by Crippen LogP contribution is 2.17. The predicted molar refractivity (Wildman–Crippen MR) is 95.9 cm³/mol. The highest BCUT2D eigenvalue weighted by Gasteiger charge is 2.17. The lowest BCUT2D eigenvalue weighted by atomic mass is 10.1. The second-order valence-corrected chi connectivity index (χ2v) is 5.81. The van der Waals surface area contributed by atoms with E-state index in [1.54, 1.807) is 24.3 Å². The van der Waals surface area contributed by atoms with E-state index in [0.717, 1.165) is 12.8 Å². The molecule has 2 rings (SSSR count). The van der Waals surface area contributed by atoms with E-state index in [4.69, 9.17) is 9.15 Å². The lowest BCUT2D eigenvalue weighted by molar-refractivity contribution is -0.124. The molecule has 1 aromatic heterocycles. The largest absolute Gasteiger partial charge is 0.459 e. The molecule has 0 saturated heterocycles. The quantitative estimate of drug-likeness (QED) is 0.707. The van der Waals surface area contributed by atoms with Gasteiger partial charge in [0.05, 0.1) is 17.5 Å². The van der Waals surface area contributed by atoms with E-state index in [9.17, 15) is 14.4 Å². The van der Waals surface area contributed by atoms with Crippen LogP contribution in [0.3, 0.4) is 0 Å². The summed E-state index contributed by atoms with van der Waals surface area (Å²) in [6.07, 6.45) is 3.18. The number of rotatable bonds is 8. The second kappa shape index (κ2) is 9.41. The highest BCUT2D eigenvalue weighted by molar-refractivity contribution is 6.06. The molecule has 0 fully saturated rings. The third-order valence-electron chi connectivity index (χ3n) is 3.60. The summed E-state index contributed by atoms with van der Waals surface area (Å²) in [5.41, 5.74) is 0.431. The molecule has 7 nitrogen and oxygen atoms in total. The van der Waals surface area contributed by atoms with Crippen LogP contribution in [-0.4, -0.2) is 30.4 Å². The number of ether oxygens (including phenoxy) is 1. The smallest absolute Gasteiger partial charge is 0.340 e. The number of hydrogen-bond acceptors (Lipinski definition) is 5. The van der Waals surface area contributed by atoms with Crippen molar-refractivity contribution < 1.29 is 23.5 Å². The average molecular weight is 358 g/mol. The first-order valence-corrected chi connectivity index (χ1v) is 8.41. The van der Waals surface area contributed by atoms with E-state index < -0.39 is 11.9 Å². The summed E-state index contributed by atoms with van der Waals surface area (Å²) in [5.74, 6) is -1.42. The summed E-state index contributed by atoms with van der Waals surface area (Å²) in [4.78, 5) is 36.2. The van der Waals surface area contributed by atoms with Gasteiger partial charge in [-0.15, -0.1) is 0 Å². The van der Waals surface area contributed by atoms with Crippen molar-refractivity contribution in [3.8, 4) is 0 Å². The molecular weight excluding hydrogens is 336 g/mol. The van der Waals surface area contributed by atoms with Crippen LogP contribution >= 0.6 is 0 Å². The van der Waals surface area contributed by atoms with Gasteiger partial charge >= 0.3 is 5.97 Å². The second-order valence-electron chi connectivity index (χ2n) is 5.81. The Balaban J connectivity index is 1.96. The third kappa shape index (κ3) is 5.47. The third-order valence-corrected chi connectivity index (χ3v) is 3.60. The number of para-hydroxylation sites is 1. The number of nitrogens with one attached hydrogen (secondary N) is 2. The van der Waals surface area contributed by atoms with Crippen LogP contribution in [0.5, 0.6) is 0 Å². The van der Waals surface area contributed by atoms with Crippen LogP contribution in [0.2, 0.25) is 0 Å². The summed E-state index contributed by atoms with van der Waals surface area (Å²) >= 11 is 0. The summed E-state index contributed by atoms with van der Waals surface area (Å²) in [6, 6.07) is 9.52. The van der Waals surface area contributed by atoms with Crippen molar-refractivity contribution in [3.05, 3.63) is 54.0 Å². The minimum atomic E-state index is -0.696. The van der Waals surface area contributed by atoms with Crippen molar-refractivity contribution in [2.75, 3.05) is 11.9 Å². The van der Waals surface area contributed by atoms with Gasteiger partial charge in [0.1, 0.15) is 0 Å². The molecule has 0 aliphatic rings. The predicted octanol–water partition coefficient (Wildman–Crippen LogP) is 2.99. The Morgan fingerprint density at radius 1 is 1.15 bits per heavy atom. The SMILES string of the molecule is CCC[C@H](C)NC(=O)COC(=O)c1ccccc1NC(=O)c1ccco1. The molecule has 2 amide bonds. The molecule has 0 bridgehead atoms. The maximum absolute atomic E-state index is 12.3. The van der Waals surface area contributed by atoms with Crippen molar-refractivity contribution in [2.45, 2.75) is 32.7 Å². The molecule has 26 heavy (non-hydrogen) atoms. The molecule has 0 aliphatic heterocycles. The van der Waals surface area contributed by atoms with Gasteiger partial charge in [-0.2, -0.15) is 0 Å². The van der Waals surface area contributed by atoms with Gasteiger partial charge in [0.15, 0.2) is 12.4 Å². The molecule has 2 aromatic rings. The van der Waals surface area contributed by atoms with Gasteiger partial charge in [0, 0.05) is 6.04 Å². The molecule has 138 valence electrons. The maximum Gasteiger partial charge on any atom is 0.340 e. The van der Waals surface area contributed by atoms with E-state index in [1.165, 1.54) is 18.4 Å². The van der Waals surface area contributed by atoms with Crippen LogP contribution in [0.25, 0.3) is 0 Å². The van der Waals surface area contributed by atoms with Crippen molar-refractivity contribution in [3.63, 3.8) is 0 Å². The Hall–Kier alpha value is -3.09. The first-order chi connectivity index (χ1) is 12.5. The standard InChI is InChI=1S/C19H22N2O5/c1-3-7-13(2)20-17(22)12-26-19(24)14-8-4-5-9-15(14)21-18(23)16-10-6-11-25-16/h4-6,8-11,13H,3,7,12H2,1-2H3,(H,20,22)(H,21,23)/t13-/m0/s1. The topological polar surface area (TPSA) is 97.6 Å². The lowest BCUT2D eigenvalue weighted by Crippen LogP contribution is -2.35. The van der Waals surface area contributed by atoms with Crippen molar-refractivity contribution in [2.24, 2.45) is 0 Å². The molecule has 7 heteroatoms. The van der Waals surface area contributed by atoms with Crippen molar-refractivity contribution in [1.29, 1.82) is 0 Å². The Morgan fingerprint density at radius 2 is 1.92 bits per heavy atom. The molecule has 1 atom stereocenters. The number of carbonyl (C=O) groups excluding carboxylic acids is 3. The zero-order chi connectivity index (χ0) is 18.9. The molecular formula is C19H22N2O5. The minimum absolute atomic E-state index is 0.0195. The maximum atomic E-state index is 12.3. The highest BCUT2D eigenvalue weighted by atomic mass is 16.5. The van der Waals surface area contributed by atoms with Crippen LogP contribution in [0.1, 0.15) is 47.6 Å². The number of benzene rings is 1. The number of furan rings is 1. The van der Waals surface area contributed by atoms with Gasteiger partial charge < -0.3 is 19.8 Å². The van der Waals surface area contributed by atoms with Gasteiger partial charge in [-0.1, -0.05) is 25.5 Å². The van der Waals surface area contributed by atoms with Crippen LogP contribution in [-0.2, 0) is 9.53 Å². The zero-order valence-corrected chi connectivity index (χ0v) is 14.8. The van der Waals surface area contributed by atoms with Crippen molar-refractivity contribution in [1.82, 2.24) is 5.32 Å². The monoisotopic (exact) mass is 358 g/mol. The van der Waals surface area contributed by atoms with Crippen LogP contribution in [0.4, 0.5) is 5.69 Å². The normalized spacial score (nSPS) is 11.5. The van der Waals surface area contributed by atoms with E-state index >= 15 is 0 Å². The number of amides is 2.